The number of rotatable bonds is 5. The number of thiocarbonyl (C=S) groups is 1. The van der Waals surface area contributed by atoms with Crippen molar-refractivity contribution in [3.8, 4) is 0 Å². The molecule has 0 amide bonds. The molecule has 0 saturated carbocycles. The van der Waals surface area contributed by atoms with Crippen LogP contribution in [0.3, 0.4) is 0 Å². The Labute approximate surface area is 90.7 Å². The molecule has 0 heterocycles. The first-order chi connectivity index (χ1) is 6.68. The molecule has 76 valence electrons. The normalized spacial score (nSPS) is 10.4. The zero-order chi connectivity index (χ0) is 10.4. The summed E-state index contributed by atoms with van der Waals surface area (Å²) in [7, 11) is 2.03. The van der Waals surface area contributed by atoms with Gasteiger partial charge in [-0.2, -0.15) is 0 Å². The van der Waals surface area contributed by atoms with E-state index >= 15 is 0 Å². The van der Waals surface area contributed by atoms with Gasteiger partial charge in [0.25, 0.3) is 0 Å². The van der Waals surface area contributed by atoms with E-state index in [4.69, 9.17) is 18.0 Å². The van der Waals surface area contributed by atoms with Crippen LogP contribution in [-0.2, 0) is 6.42 Å². The third kappa shape index (κ3) is 4.35. The first-order valence-electron chi connectivity index (χ1n) is 4.69. The molecule has 0 atom stereocenters. The summed E-state index contributed by atoms with van der Waals surface area (Å²) < 4.78 is 0. The molecule has 0 aromatic heterocycles. The van der Waals surface area contributed by atoms with Gasteiger partial charge in [0.2, 0.25) is 0 Å². The van der Waals surface area contributed by atoms with E-state index in [1.807, 2.05) is 13.1 Å². The van der Waals surface area contributed by atoms with Gasteiger partial charge in [-0.05, 0) is 19.0 Å². The van der Waals surface area contributed by atoms with Gasteiger partial charge in [0.05, 0.1) is 4.99 Å². The van der Waals surface area contributed by atoms with E-state index in [1.165, 1.54) is 5.56 Å². The standard InChI is InChI=1S/C11H16N2S/c1-13(9-11(12)14)8-7-10-5-3-2-4-6-10/h2-6H,7-9H2,1H3,(H2,12,14). The molecular weight excluding hydrogens is 192 g/mol. The Balaban J connectivity index is 2.30. The number of hydrogen-bond acceptors (Lipinski definition) is 2. The molecule has 0 aliphatic rings. The minimum Gasteiger partial charge on any atom is -0.392 e. The zero-order valence-electron chi connectivity index (χ0n) is 8.44. The second kappa shape index (κ2) is 5.73. The second-order valence-electron chi connectivity index (χ2n) is 3.44. The van der Waals surface area contributed by atoms with E-state index in [-0.39, 0.29) is 0 Å². The van der Waals surface area contributed by atoms with Gasteiger partial charge in [0.1, 0.15) is 0 Å². The summed E-state index contributed by atoms with van der Waals surface area (Å²) in [6, 6.07) is 10.4. The van der Waals surface area contributed by atoms with Gasteiger partial charge in [-0.15, -0.1) is 0 Å². The van der Waals surface area contributed by atoms with Crippen LogP contribution >= 0.6 is 12.2 Å². The molecule has 3 heteroatoms. The van der Waals surface area contributed by atoms with E-state index in [1.54, 1.807) is 0 Å². The van der Waals surface area contributed by atoms with Gasteiger partial charge < -0.3 is 5.73 Å². The molecular formula is C11H16N2S. The average Bonchev–Trinajstić information content (AvgIpc) is 2.15. The van der Waals surface area contributed by atoms with Gasteiger partial charge in [-0.25, -0.2) is 0 Å². The van der Waals surface area contributed by atoms with Crippen LogP contribution in [0.15, 0.2) is 30.3 Å². The van der Waals surface area contributed by atoms with E-state index < -0.39 is 0 Å². The van der Waals surface area contributed by atoms with Gasteiger partial charge in [0, 0.05) is 13.1 Å². The fourth-order valence-electron chi connectivity index (χ4n) is 1.31. The van der Waals surface area contributed by atoms with Crippen molar-refractivity contribution in [1.29, 1.82) is 0 Å². The van der Waals surface area contributed by atoms with Crippen molar-refractivity contribution < 1.29 is 0 Å². The van der Waals surface area contributed by atoms with Crippen LogP contribution in [0.25, 0.3) is 0 Å². The van der Waals surface area contributed by atoms with E-state index in [0.29, 0.717) is 11.5 Å². The summed E-state index contributed by atoms with van der Waals surface area (Å²) in [4.78, 5) is 2.69. The lowest BCUT2D eigenvalue weighted by Crippen LogP contribution is -2.30. The van der Waals surface area contributed by atoms with Crippen molar-refractivity contribution in [3.63, 3.8) is 0 Å². The Kier molecular flexibility index (Phi) is 4.56. The van der Waals surface area contributed by atoms with Gasteiger partial charge in [0.15, 0.2) is 0 Å². The molecule has 0 saturated heterocycles. The summed E-state index contributed by atoms with van der Waals surface area (Å²) >= 11 is 4.84. The van der Waals surface area contributed by atoms with Crippen molar-refractivity contribution in [3.05, 3.63) is 35.9 Å². The highest BCUT2D eigenvalue weighted by atomic mass is 32.1. The highest BCUT2D eigenvalue weighted by molar-refractivity contribution is 7.80. The Morgan fingerprint density at radius 2 is 2.00 bits per heavy atom. The zero-order valence-corrected chi connectivity index (χ0v) is 9.26. The lowest BCUT2D eigenvalue weighted by Gasteiger charge is -2.15. The monoisotopic (exact) mass is 208 g/mol. The predicted molar refractivity (Wildman–Crippen MR) is 64.4 cm³/mol. The maximum atomic E-state index is 5.45. The number of nitrogens with two attached hydrogens (primary N) is 1. The lowest BCUT2D eigenvalue weighted by atomic mass is 10.1. The maximum Gasteiger partial charge on any atom is 0.0869 e. The maximum absolute atomic E-state index is 5.45. The smallest absolute Gasteiger partial charge is 0.0869 e. The van der Waals surface area contributed by atoms with Crippen LogP contribution in [0.4, 0.5) is 0 Å². The van der Waals surface area contributed by atoms with Crippen LogP contribution in [0.2, 0.25) is 0 Å². The summed E-state index contributed by atoms with van der Waals surface area (Å²) in [6.07, 6.45) is 1.04. The molecule has 1 aromatic rings. The minimum absolute atomic E-state index is 0.556. The Hall–Kier alpha value is -0.930. The third-order valence-electron chi connectivity index (χ3n) is 2.05. The Bertz CT molecular complexity index is 285. The minimum atomic E-state index is 0.556. The topological polar surface area (TPSA) is 29.3 Å². The van der Waals surface area contributed by atoms with E-state index in [0.717, 1.165) is 13.0 Å². The molecule has 0 aliphatic carbocycles. The number of nitrogens with zero attached hydrogens (tertiary/aromatic N) is 1. The lowest BCUT2D eigenvalue weighted by molar-refractivity contribution is 0.386. The Morgan fingerprint density at radius 3 is 2.57 bits per heavy atom. The molecule has 1 rings (SSSR count). The first kappa shape index (κ1) is 11.1. The van der Waals surface area contributed by atoms with Crippen LogP contribution in [0.1, 0.15) is 5.56 Å². The van der Waals surface area contributed by atoms with Crippen LogP contribution in [0.5, 0.6) is 0 Å². The van der Waals surface area contributed by atoms with Crippen molar-refractivity contribution in [1.82, 2.24) is 4.90 Å². The van der Waals surface area contributed by atoms with E-state index in [9.17, 15) is 0 Å². The molecule has 0 radical (unpaired) electrons. The summed E-state index contributed by atoms with van der Waals surface area (Å²) in [6.45, 7) is 1.68. The highest BCUT2D eigenvalue weighted by Crippen LogP contribution is 2.00. The molecule has 0 bridgehead atoms. The third-order valence-corrected chi connectivity index (χ3v) is 2.18. The number of likely N-dealkylation sites (N-methyl/N-ethyl adjacent to an activating group) is 1. The second-order valence-corrected chi connectivity index (χ2v) is 3.96. The van der Waals surface area contributed by atoms with Crippen molar-refractivity contribution in [2.75, 3.05) is 20.1 Å². The average molecular weight is 208 g/mol. The molecule has 0 fully saturated rings. The molecule has 2 N–H and O–H groups in total. The van der Waals surface area contributed by atoms with Crippen LogP contribution < -0.4 is 5.73 Å². The predicted octanol–water partition coefficient (Wildman–Crippen LogP) is 1.45. The van der Waals surface area contributed by atoms with Crippen molar-refractivity contribution in [2.24, 2.45) is 5.73 Å². The fourth-order valence-corrected chi connectivity index (χ4v) is 1.53. The van der Waals surface area contributed by atoms with Gasteiger partial charge >= 0.3 is 0 Å². The summed E-state index contributed by atoms with van der Waals surface area (Å²) in [5, 5.41) is 0. The number of benzene rings is 1. The highest BCUT2D eigenvalue weighted by Gasteiger charge is 1.99. The molecule has 0 aliphatic heterocycles. The summed E-state index contributed by atoms with van der Waals surface area (Å²) in [5.41, 5.74) is 6.80. The molecule has 0 unspecified atom stereocenters. The molecule has 2 nitrogen and oxygen atoms in total. The van der Waals surface area contributed by atoms with Gasteiger partial charge in [-0.3, -0.25) is 4.90 Å². The summed E-state index contributed by atoms with van der Waals surface area (Å²) in [5.74, 6) is 0. The molecule has 0 spiro atoms. The quantitative estimate of drug-likeness (QED) is 0.743. The van der Waals surface area contributed by atoms with Crippen molar-refractivity contribution in [2.45, 2.75) is 6.42 Å². The molecule has 1 aromatic carbocycles. The molecule has 14 heavy (non-hydrogen) atoms. The van der Waals surface area contributed by atoms with Crippen molar-refractivity contribution >= 4 is 17.2 Å². The number of hydrogen-bond donors (Lipinski definition) is 1. The van der Waals surface area contributed by atoms with Crippen LogP contribution in [-0.4, -0.2) is 30.0 Å². The first-order valence-corrected chi connectivity index (χ1v) is 5.10. The fraction of sp³-hybridized carbons (Fsp3) is 0.364. The SMILES string of the molecule is CN(CCc1ccccc1)CC(N)=S. The van der Waals surface area contributed by atoms with E-state index in [2.05, 4.69) is 29.2 Å². The largest absolute Gasteiger partial charge is 0.392 e. The van der Waals surface area contributed by atoms with Gasteiger partial charge in [-0.1, -0.05) is 42.5 Å². The van der Waals surface area contributed by atoms with Crippen LogP contribution in [0, 0.1) is 0 Å². The Morgan fingerprint density at radius 1 is 1.36 bits per heavy atom.